The summed E-state index contributed by atoms with van der Waals surface area (Å²) >= 11 is 0. The minimum atomic E-state index is -0.341. The van der Waals surface area contributed by atoms with Gasteiger partial charge in [-0.05, 0) is 24.3 Å². The number of nitrogens with zero attached hydrogens (tertiary/aromatic N) is 1. The lowest BCUT2D eigenvalue weighted by atomic mass is 10.0. The standard InChI is InChI=1S/C19H26N2O5/c1-22-17-3-2-15(16-13-19(26-20-16)4-8-24-14-19)12-18(17)25-11-7-21-5-9-23-10-6-21/h2-3,12-13,20H,4-11,14H2,1H3. The van der Waals surface area contributed by atoms with E-state index in [1.807, 2.05) is 18.2 Å². The molecule has 7 heteroatoms. The Morgan fingerprint density at radius 1 is 1.15 bits per heavy atom. The number of hydrogen-bond donors (Lipinski definition) is 1. The Morgan fingerprint density at radius 3 is 2.81 bits per heavy atom. The highest BCUT2D eigenvalue weighted by atomic mass is 16.7. The molecule has 0 bridgehead atoms. The van der Waals surface area contributed by atoms with Crippen molar-refractivity contribution in [2.45, 2.75) is 12.0 Å². The van der Waals surface area contributed by atoms with E-state index in [-0.39, 0.29) is 5.60 Å². The van der Waals surface area contributed by atoms with Gasteiger partial charge in [0.15, 0.2) is 11.5 Å². The summed E-state index contributed by atoms with van der Waals surface area (Å²) in [5.41, 5.74) is 4.65. The molecule has 1 unspecified atom stereocenters. The van der Waals surface area contributed by atoms with Crippen molar-refractivity contribution in [1.29, 1.82) is 0 Å². The van der Waals surface area contributed by atoms with E-state index in [1.165, 1.54) is 0 Å². The van der Waals surface area contributed by atoms with Crippen molar-refractivity contribution < 1.29 is 23.8 Å². The predicted molar refractivity (Wildman–Crippen MR) is 96.1 cm³/mol. The van der Waals surface area contributed by atoms with Gasteiger partial charge in [-0.2, -0.15) is 0 Å². The van der Waals surface area contributed by atoms with Gasteiger partial charge in [-0.15, -0.1) is 0 Å². The molecule has 1 aromatic rings. The molecule has 0 aliphatic carbocycles. The van der Waals surface area contributed by atoms with Crippen molar-refractivity contribution in [3.05, 3.63) is 29.8 Å². The first-order chi connectivity index (χ1) is 12.8. The van der Waals surface area contributed by atoms with Crippen LogP contribution in [0, 0.1) is 0 Å². The van der Waals surface area contributed by atoms with E-state index in [4.69, 9.17) is 23.8 Å². The summed E-state index contributed by atoms with van der Waals surface area (Å²) < 4.78 is 22.3. The topological polar surface area (TPSA) is 61.4 Å². The third kappa shape index (κ3) is 3.81. The summed E-state index contributed by atoms with van der Waals surface area (Å²) in [6.45, 7) is 6.31. The molecule has 0 saturated carbocycles. The van der Waals surface area contributed by atoms with Crippen LogP contribution in [0.3, 0.4) is 0 Å². The number of morpholine rings is 1. The van der Waals surface area contributed by atoms with Crippen molar-refractivity contribution in [1.82, 2.24) is 10.4 Å². The zero-order valence-electron chi connectivity index (χ0n) is 15.2. The van der Waals surface area contributed by atoms with Crippen LogP contribution >= 0.6 is 0 Å². The highest BCUT2D eigenvalue weighted by molar-refractivity contribution is 5.68. The summed E-state index contributed by atoms with van der Waals surface area (Å²) in [7, 11) is 1.66. The molecule has 1 spiro atoms. The largest absolute Gasteiger partial charge is 0.493 e. The summed E-state index contributed by atoms with van der Waals surface area (Å²) in [6, 6.07) is 5.93. The molecule has 3 aliphatic heterocycles. The molecule has 7 nitrogen and oxygen atoms in total. The number of nitrogens with one attached hydrogen (secondary N) is 1. The van der Waals surface area contributed by atoms with Crippen LogP contribution in [-0.2, 0) is 14.3 Å². The molecule has 4 rings (SSSR count). The van der Waals surface area contributed by atoms with Crippen LogP contribution in [0.1, 0.15) is 12.0 Å². The predicted octanol–water partition coefficient (Wildman–Crippen LogP) is 1.44. The lowest BCUT2D eigenvalue weighted by Crippen LogP contribution is -2.38. The van der Waals surface area contributed by atoms with Crippen LogP contribution < -0.4 is 15.0 Å². The van der Waals surface area contributed by atoms with Gasteiger partial charge in [0.05, 0.1) is 32.6 Å². The molecular formula is C19H26N2O5. The van der Waals surface area contributed by atoms with Crippen LogP contribution in [-0.4, -0.2) is 70.3 Å². The van der Waals surface area contributed by atoms with E-state index < -0.39 is 0 Å². The average molecular weight is 362 g/mol. The lowest BCUT2D eigenvalue weighted by molar-refractivity contribution is -0.0373. The second kappa shape index (κ2) is 7.84. The smallest absolute Gasteiger partial charge is 0.161 e. The molecule has 142 valence electrons. The monoisotopic (exact) mass is 362 g/mol. The highest BCUT2D eigenvalue weighted by Gasteiger charge is 2.39. The quantitative estimate of drug-likeness (QED) is 0.822. The Morgan fingerprint density at radius 2 is 2.04 bits per heavy atom. The van der Waals surface area contributed by atoms with Crippen LogP contribution in [0.15, 0.2) is 24.3 Å². The third-order valence-electron chi connectivity index (χ3n) is 5.03. The maximum Gasteiger partial charge on any atom is 0.161 e. The molecular weight excluding hydrogens is 336 g/mol. The average Bonchev–Trinajstić information content (AvgIpc) is 3.32. The second-order valence-electron chi connectivity index (χ2n) is 6.80. The van der Waals surface area contributed by atoms with Gasteiger partial charge in [0.1, 0.15) is 12.2 Å². The van der Waals surface area contributed by atoms with E-state index in [0.29, 0.717) is 13.2 Å². The summed E-state index contributed by atoms with van der Waals surface area (Å²) in [4.78, 5) is 8.11. The molecule has 0 radical (unpaired) electrons. The van der Waals surface area contributed by atoms with Crippen LogP contribution in [0.5, 0.6) is 11.5 Å². The zero-order valence-corrected chi connectivity index (χ0v) is 15.2. The lowest BCUT2D eigenvalue weighted by Gasteiger charge is -2.26. The first-order valence-corrected chi connectivity index (χ1v) is 9.14. The molecule has 3 aliphatic rings. The van der Waals surface area contributed by atoms with Crippen LogP contribution in [0.25, 0.3) is 5.70 Å². The van der Waals surface area contributed by atoms with Crippen molar-refractivity contribution in [3.63, 3.8) is 0 Å². The van der Waals surface area contributed by atoms with Gasteiger partial charge in [0, 0.05) is 38.2 Å². The molecule has 0 amide bonds. The molecule has 2 saturated heterocycles. The second-order valence-corrected chi connectivity index (χ2v) is 6.80. The number of methoxy groups -OCH3 is 1. The first-order valence-electron chi connectivity index (χ1n) is 9.14. The Hall–Kier alpha value is -1.80. The first kappa shape index (κ1) is 17.6. The normalized spacial score (nSPS) is 26.0. The maximum absolute atomic E-state index is 6.02. The summed E-state index contributed by atoms with van der Waals surface area (Å²) in [5, 5.41) is 0. The fraction of sp³-hybridized carbons (Fsp3) is 0.579. The minimum absolute atomic E-state index is 0.341. The van der Waals surface area contributed by atoms with Crippen molar-refractivity contribution in [2.75, 3.05) is 59.8 Å². The Labute approximate surface area is 153 Å². The van der Waals surface area contributed by atoms with Gasteiger partial charge in [0.25, 0.3) is 0 Å². The minimum Gasteiger partial charge on any atom is -0.493 e. The number of rotatable bonds is 6. The molecule has 1 atom stereocenters. The van der Waals surface area contributed by atoms with Gasteiger partial charge in [-0.3, -0.25) is 15.2 Å². The van der Waals surface area contributed by atoms with Gasteiger partial charge in [-0.1, -0.05) is 0 Å². The molecule has 1 aromatic carbocycles. The molecule has 2 fully saturated rings. The van der Waals surface area contributed by atoms with E-state index in [2.05, 4.69) is 16.5 Å². The summed E-state index contributed by atoms with van der Waals surface area (Å²) in [5.74, 6) is 1.47. The van der Waals surface area contributed by atoms with E-state index >= 15 is 0 Å². The molecule has 26 heavy (non-hydrogen) atoms. The van der Waals surface area contributed by atoms with Crippen LogP contribution in [0.2, 0.25) is 0 Å². The van der Waals surface area contributed by atoms with E-state index in [9.17, 15) is 0 Å². The highest BCUT2D eigenvalue weighted by Crippen LogP contribution is 2.35. The summed E-state index contributed by atoms with van der Waals surface area (Å²) in [6.07, 6.45) is 2.97. The number of hydroxylamine groups is 1. The fourth-order valence-corrected chi connectivity index (χ4v) is 3.44. The third-order valence-corrected chi connectivity index (χ3v) is 5.03. The van der Waals surface area contributed by atoms with Gasteiger partial charge in [0.2, 0.25) is 0 Å². The number of benzene rings is 1. The molecule has 0 aromatic heterocycles. The zero-order chi connectivity index (χ0) is 17.8. The number of ether oxygens (including phenoxy) is 4. The van der Waals surface area contributed by atoms with Gasteiger partial charge >= 0.3 is 0 Å². The van der Waals surface area contributed by atoms with Gasteiger partial charge in [-0.25, -0.2) is 0 Å². The van der Waals surface area contributed by atoms with E-state index in [1.54, 1.807) is 7.11 Å². The SMILES string of the molecule is COc1ccc(C2=CC3(CCOC3)ON2)cc1OCCN1CCOCC1. The van der Waals surface area contributed by atoms with Crippen molar-refractivity contribution in [3.8, 4) is 11.5 Å². The van der Waals surface area contributed by atoms with E-state index in [0.717, 1.165) is 68.6 Å². The Bertz CT molecular complexity index is 651. The van der Waals surface area contributed by atoms with Crippen molar-refractivity contribution in [2.24, 2.45) is 0 Å². The van der Waals surface area contributed by atoms with Crippen molar-refractivity contribution >= 4 is 5.70 Å². The maximum atomic E-state index is 6.02. The fourth-order valence-electron chi connectivity index (χ4n) is 3.44. The van der Waals surface area contributed by atoms with Crippen LogP contribution in [0.4, 0.5) is 0 Å². The molecule has 3 heterocycles. The van der Waals surface area contributed by atoms with Gasteiger partial charge < -0.3 is 18.9 Å². The Balaban J connectivity index is 1.43. The molecule has 1 N–H and O–H groups in total. The Kier molecular flexibility index (Phi) is 5.31. The number of hydrogen-bond acceptors (Lipinski definition) is 7.